The van der Waals surface area contributed by atoms with E-state index in [4.69, 9.17) is 18.6 Å². The first-order chi connectivity index (χ1) is 18.9. The van der Waals surface area contributed by atoms with Gasteiger partial charge in [-0.15, -0.1) is 0 Å². The van der Waals surface area contributed by atoms with E-state index in [1.54, 1.807) is 45.2 Å². The zero-order valence-electron chi connectivity index (χ0n) is 21.8. The molecule has 2 aromatic heterocycles. The molecule has 0 aliphatic carbocycles. The van der Waals surface area contributed by atoms with E-state index in [-0.39, 0.29) is 17.7 Å². The van der Waals surface area contributed by atoms with Gasteiger partial charge in [0.1, 0.15) is 23.3 Å². The SMILES string of the molecule is CCOC(=O)C1=C(C)N=c2sc(=Cc3ccc(Sc4ccccc4)o3)c(=O)n2C1c1cc(OC)ccc1OC. The number of hydrogen-bond acceptors (Lipinski definition) is 9. The first-order valence-corrected chi connectivity index (χ1v) is 13.8. The normalized spacial score (nSPS) is 15.1. The summed E-state index contributed by atoms with van der Waals surface area (Å²) < 4.78 is 24.4. The Morgan fingerprint density at radius 3 is 2.64 bits per heavy atom. The fourth-order valence-corrected chi connectivity index (χ4v) is 6.17. The Labute approximate surface area is 232 Å². The maximum Gasteiger partial charge on any atom is 0.338 e. The number of benzene rings is 2. The molecule has 0 amide bonds. The number of rotatable bonds is 8. The van der Waals surface area contributed by atoms with Crippen LogP contribution in [0, 0.1) is 0 Å². The van der Waals surface area contributed by atoms with Gasteiger partial charge in [0.05, 0.1) is 36.6 Å². The van der Waals surface area contributed by atoms with Crippen molar-refractivity contribution in [3.8, 4) is 11.5 Å². The van der Waals surface area contributed by atoms with E-state index < -0.39 is 12.0 Å². The van der Waals surface area contributed by atoms with Crippen LogP contribution in [0.4, 0.5) is 0 Å². The highest BCUT2D eigenvalue weighted by Gasteiger charge is 2.35. The van der Waals surface area contributed by atoms with Gasteiger partial charge < -0.3 is 18.6 Å². The highest BCUT2D eigenvalue weighted by atomic mass is 32.2. The molecule has 2 aromatic carbocycles. The lowest BCUT2D eigenvalue weighted by Crippen LogP contribution is -2.40. The molecule has 200 valence electrons. The highest BCUT2D eigenvalue weighted by Crippen LogP contribution is 2.38. The van der Waals surface area contributed by atoms with Crippen LogP contribution in [0.1, 0.15) is 31.2 Å². The van der Waals surface area contributed by atoms with Crippen molar-refractivity contribution in [1.29, 1.82) is 0 Å². The van der Waals surface area contributed by atoms with E-state index in [1.165, 1.54) is 34.8 Å². The van der Waals surface area contributed by atoms with Crippen molar-refractivity contribution < 1.29 is 23.4 Å². The van der Waals surface area contributed by atoms with Gasteiger partial charge in [-0.1, -0.05) is 41.3 Å². The number of nitrogens with zero attached hydrogens (tertiary/aromatic N) is 2. The second-order valence-corrected chi connectivity index (χ2v) is 10.6. The summed E-state index contributed by atoms with van der Waals surface area (Å²) in [6.07, 6.45) is 1.70. The van der Waals surface area contributed by atoms with Gasteiger partial charge in [-0.25, -0.2) is 9.79 Å². The van der Waals surface area contributed by atoms with Crippen molar-refractivity contribution in [2.75, 3.05) is 20.8 Å². The third-order valence-corrected chi connectivity index (χ3v) is 8.00. The van der Waals surface area contributed by atoms with Gasteiger partial charge in [0, 0.05) is 16.5 Å². The molecule has 0 saturated carbocycles. The van der Waals surface area contributed by atoms with Gasteiger partial charge in [-0.2, -0.15) is 0 Å². The van der Waals surface area contributed by atoms with E-state index in [9.17, 15) is 9.59 Å². The fourth-order valence-electron chi connectivity index (χ4n) is 4.34. The molecule has 0 radical (unpaired) electrons. The average Bonchev–Trinajstić information content (AvgIpc) is 3.51. The summed E-state index contributed by atoms with van der Waals surface area (Å²) in [4.78, 5) is 33.2. The molecule has 0 saturated heterocycles. The summed E-state index contributed by atoms with van der Waals surface area (Å²) in [6, 6.07) is 18.0. The molecule has 0 spiro atoms. The lowest BCUT2D eigenvalue weighted by Gasteiger charge is -2.26. The molecule has 0 fully saturated rings. The van der Waals surface area contributed by atoms with E-state index >= 15 is 0 Å². The summed E-state index contributed by atoms with van der Waals surface area (Å²) in [6.45, 7) is 3.66. The number of hydrogen-bond donors (Lipinski definition) is 0. The van der Waals surface area contributed by atoms with Gasteiger partial charge in [-0.3, -0.25) is 9.36 Å². The summed E-state index contributed by atoms with van der Waals surface area (Å²) in [7, 11) is 3.09. The Hall–Kier alpha value is -4.02. The molecule has 1 unspecified atom stereocenters. The third kappa shape index (κ3) is 5.30. The predicted molar refractivity (Wildman–Crippen MR) is 149 cm³/mol. The summed E-state index contributed by atoms with van der Waals surface area (Å²) in [5.74, 6) is 1.05. The van der Waals surface area contributed by atoms with Gasteiger partial charge in [0.25, 0.3) is 5.56 Å². The lowest BCUT2D eigenvalue weighted by atomic mass is 9.95. The smallest absolute Gasteiger partial charge is 0.338 e. The van der Waals surface area contributed by atoms with Crippen molar-refractivity contribution in [3.63, 3.8) is 0 Å². The molecule has 3 heterocycles. The molecule has 8 nitrogen and oxygen atoms in total. The number of thiazole rings is 1. The van der Waals surface area contributed by atoms with Gasteiger partial charge >= 0.3 is 5.97 Å². The highest BCUT2D eigenvalue weighted by molar-refractivity contribution is 7.99. The summed E-state index contributed by atoms with van der Waals surface area (Å²) >= 11 is 2.72. The molecule has 0 bridgehead atoms. The minimum Gasteiger partial charge on any atom is -0.497 e. The number of carbonyl (C=O) groups is 1. The second kappa shape index (κ2) is 11.4. The van der Waals surface area contributed by atoms with Crippen LogP contribution in [0.25, 0.3) is 6.08 Å². The molecule has 4 aromatic rings. The zero-order valence-corrected chi connectivity index (χ0v) is 23.4. The van der Waals surface area contributed by atoms with E-state index in [0.29, 0.717) is 42.9 Å². The van der Waals surface area contributed by atoms with Gasteiger partial charge in [-0.05, 0) is 56.3 Å². The molecule has 1 atom stereocenters. The largest absolute Gasteiger partial charge is 0.497 e. The van der Waals surface area contributed by atoms with Gasteiger partial charge in [0.15, 0.2) is 9.89 Å². The molecule has 39 heavy (non-hydrogen) atoms. The molecular weight excluding hydrogens is 536 g/mol. The molecule has 5 rings (SSSR count). The standard InChI is InChI=1S/C29H26N2O6S2/c1-5-36-28(33)25-17(2)30-29-31(26(25)21-15-18(34-3)11-13-22(21)35-4)27(32)23(39-29)16-19-12-14-24(37-19)38-20-9-7-6-8-10-20/h6-16,26H,5H2,1-4H3. The zero-order chi connectivity index (χ0) is 27.5. The summed E-state index contributed by atoms with van der Waals surface area (Å²) in [5.41, 5.74) is 1.01. The van der Waals surface area contributed by atoms with Crippen molar-refractivity contribution in [1.82, 2.24) is 4.57 Å². The predicted octanol–water partition coefficient (Wildman–Crippen LogP) is 4.56. The van der Waals surface area contributed by atoms with Crippen molar-refractivity contribution in [2.24, 2.45) is 4.99 Å². The van der Waals surface area contributed by atoms with Crippen molar-refractivity contribution in [3.05, 3.63) is 103 Å². The molecule has 1 aliphatic heterocycles. The maximum absolute atomic E-state index is 13.9. The number of esters is 1. The second-order valence-electron chi connectivity index (χ2n) is 8.48. The van der Waals surface area contributed by atoms with Crippen LogP contribution in [-0.4, -0.2) is 31.4 Å². The first-order valence-electron chi connectivity index (χ1n) is 12.2. The van der Waals surface area contributed by atoms with Crippen LogP contribution < -0.4 is 24.4 Å². The number of aromatic nitrogens is 1. The Kier molecular flexibility index (Phi) is 7.76. The molecular formula is C29H26N2O6S2. The Balaban J connectivity index is 1.64. The topological polar surface area (TPSA) is 92.3 Å². The Bertz CT molecular complexity index is 1730. The summed E-state index contributed by atoms with van der Waals surface area (Å²) in [5, 5.41) is 0.708. The maximum atomic E-state index is 13.9. The Morgan fingerprint density at radius 1 is 1.13 bits per heavy atom. The van der Waals surface area contributed by atoms with E-state index in [1.807, 2.05) is 42.5 Å². The number of methoxy groups -OCH3 is 2. The van der Waals surface area contributed by atoms with Gasteiger partial charge in [0.2, 0.25) is 0 Å². The lowest BCUT2D eigenvalue weighted by molar-refractivity contribution is -0.139. The van der Waals surface area contributed by atoms with Crippen molar-refractivity contribution >= 4 is 35.1 Å². The number of fused-ring (bicyclic) bond motifs is 1. The fraction of sp³-hybridized carbons (Fsp3) is 0.207. The van der Waals surface area contributed by atoms with E-state index in [0.717, 1.165) is 4.90 Å². The van der Waals surface area contributed by atoms with Crippen LogP contribution in [-0.2, 0) is 9.53 Å². The minimum absolute atomic E-state index is 0.184. The quantitative estimate of drug-likeness (QED) is 0.291. The van der Waals surface area contributed by atoms with Crippen LogP contribution in [0.3, 0.4) is 0 Å². The Morgan fingerprint density at radius 2 is 1.92 bits per heavy atom. The van der Waals surface area contributed by atoms with E-state index in [2.05, 4.69) is 4.99 Å². The molecule has 0 N–H and O–H groups in total. The first kappa shape index (κ1) is 26.6. The number of carbonyl (C=O) groups excluding carboxylic acids is 1. The molecule has 10 heteroatoms. The number of furan rings is 1. The third-order valence-electron chi connectivity index (χ3n) is 6.09. The number of allylic oxidation sites excluding steroid dienone is 1. The van der Waals surface area contributed by atoms with Crippen LogP contribution >= 0.6 is 23.1 Å². The van der Waals surface area contributed by atoms with Crippen LogP contribution in [0.2, 0.25) is 0 Å². The number of ether oxygens (including phenoxy) is 3. The van der Waals surface area contributed by atoms with Crippen LogP contribution in [0.5, 0.6) is 11.5 Å². The monoisotopic (exact) mass is 562 g/mol. The average molecular weight is 563 g/mol. The van der Waals surface area contributed by atoms with Crippen LogP contribution in [0.15, 0.2) is 96.1 Å². The van der Waals surface area contributed by atoms with Crippen molar-refractivity contribution in [2.45, 2.75) is 29.9 Å². The molecule has 1 aliphatic rings. The minimum atomic E-state index is -0.826.